The van der Waals surface area contributed by atoms with Gasteiger partial charge in [-0.25, -0.2) is 4.90 Å². The largest absolute Gasteiger partial charge is 0.449 e. The number of rotatable bonds is 5. The van der Waals surface area contributed by atoms with Crippen molar-refractivity contribution < 1.29 is 19.1 Å². The zero-order chi connectivity index (χ0) is 16.1. The van der Waals surface area contributed by atoms with Crippen molar-refractivity contribution in [1.29, 1.82) is 0 Å². The average Bonchev–Trinajstić information content (AvgIpc) is 2.24. The minimum Gasteiger partial charge on any atom is -0.449 e. The Morgan fingerprint density at radius 1 is 0.850 bits per heavy atom. The molecule has 0 aliphatic rings. The summed E-state index contributed by atoms with van der Waals surface area (Å²) in [5, 5.41) is 0. The maximum absolute atomic E-state index is 11.7. The molecule has 5 heteroatoms. The first-order chi connectivity index (χ1) is 8.85. The van der Waals surface area contributed by atoms with Gasteiger partial charge in [0.1, 0.15) is 13.5 Å². The zero-order valence-electron chi connectivity index (χ0n) is 14.1. The van der Waals surface area contributed by atoms with E-state index in [1.54, 1.807) is 46.4 Å². The smallest absolute Gasteiger partial charge is 0.312 e. The van der Waals surface area contributed by atoms with E-state index in [1.807, 2.05) is 13.8 Å². The standard InChI is InChI=1S/C15H29NO4/c1-11(2)16(9-19-12(17)14(3,4)5)10-20-13(18)15(6,7)8/h11H,9-10H2,1-8H3. The summed E-state index contributed by atoms with van der Waals surface area (Å²) in [4.78, 5) is 25.2. The van der Waals surface area contributed by atoms with Crippen molar-refractivity contribution in [2.45, 2.75) is 61.4 Å². The highest BCUT2D eigenvalue weighted by molar-refractivity contribution is 5.75. The van der Waals surface area contributed by atoms with Crippen LogP contribution in [0.1, 0.15) is 55.4 Å². The third-order valence-corrected chi connectivity index (χ3v) is 2.68. The molecule has 0 aromatic rings. The summed E-state index contributed by atoms with van der Waals surface area (Å²) in [6.45, 7) is 14.9. The van der Waals surface area contributed by atoms with Crippen molar-refractivity contribution in [3.8, 4) is 0 Å². The molecule has 0 rings (SSSR count). The van der Waals surface area contributed by atoms with E-state index in [2.05, 4.69) is 0 Å². The average molecular weight is 287 g/mol. The van der Waals surface area contributed by atoms with Gasteiger partial charge in [0.15, 0.2) is 0 Å². The van der Waals surface area contributed by atoms with Gasteiger partial charge in [-0.1, -0.05) is 0 Å². The fourth-order valence-electron chi connectivity index (χ4n) is 1.05. The highest BCUT2D eigenvalue weighted by Gasteiger charge is 2.26. The van der Waals surface area contributed by atoms with E-state index in [-0.39, 0.29) is 31.4 Å². The van der Waals surface area contributed by atoms with Crippen molar-refractivity contribution in [3.63, 3.8) is 0 Å². The molecule has 118 valence electrons. The van der Waals surface area contributed by atoms with Crippen LogP contribution in [0.15, 0.2) is 0 Å². The molecule has 0 atom stereocenters. The number of hydrogen-bond donors (Lipinski definition) is 0. The van der Waals surface area contributed by atoms with Gasteiger partial charge >= 0.3 is 11.9 Å². The van der Waals surface area contributed by atoms with Gasteiger partial charge in [-0.05, 0) is 55.4 Å². The molecule has 0 amide bonds. The highest BCUT2D eigenvalue weighted by Crippen LogP contribution is 2.17. The van der Waals surface area contributed by atoms with Crippen LogP contribution in [0.4, 0.5) is 0 Å². The van der Waals surface area contributed by atoms with Crippen molar-refractivity contribution in [3.05, 3.63) is 0 Å². The summed E-state index contributed by atoms with van der Waals surface area (Å²) in [5.74, 6) is -0.546. The van der Waals surface area contributed by atoms with E-state index < -0.39 is 10.8 Å². The summed E-state index contributed by atoms with van der Waals surface area (Å²) in [6.07, 6.45) is 0. The minimum absolute atomic E-state index is 0.107. The van der Waals surface area contributed by atoms with Crippen LogP contribution in [-0.4, -0.2) is 36.3 Å². The molecule has 0 aromatic carbocycles. The number of ether oxygens (including phenoxy) is 2. The van der Waals surface area contributed by atoms with E-state index in [9.17, 15) is 9.59 Å². The SMILES string of the molecule is CC(C)N(COC(=O)C(C)(C)C)COC(=O)C(C)(C)C. The molecule has 0 spiro atoms. The van der Waals surface area contributed by atoms with Gasteiger partial charge < -0.3 is 9.47 Å². The van der Waals surface area contributed by atoms with Crippen LogP contribution in [0, 0.1) is 10.8 Å². The first-order valence-electron chi connectivity index (χ1n) is 6.94. The first-order valence-corrected chi connectivity index (χ1v) is 6.94. The van der Waals surface area contributed by atoms with Crippen LogP contribution in [-0.2, 0) is 19.1 Å². The molecule has 0 aliphatic heterocycles. The van der Waals surface area contributed by atoms with Crippen LogP contribution >= 0.6 is 0 Å². The summed E-state index contributed by atoms with van der Waals surface area (Å²) in [6, 6.07) is 0.107. The fourth-order valence-corrected chi connectivity index (χ4v) is 1.05. The third kappa shape index (κ3) is 6.89. The molecular weight excluding hydrogens is 258 g/mol. The summed E-state index contributed by atoms with van der Waals surface area (Å²) >= 11 is 0. The van der Waals surface area contributed by atoms with Gasteiger partial charge in [0.25, 0.3) is 0 Å². The Morgan fingerprint density at radius 2 is 1.15 bits per heavy atom. The Labute approximate surface area is 122 Å². The summed E-state index contributed by atoms with van der Waals surface area (Å²) in [7, 11) is 0. The molecular formula is C15H29NO4. The molecule has 0 fully saturated rings. The predicted molar refractivity (Wildman–Crippen MR) is 77.8 cm³/mol. The molecule has 0 aromatic heterocycles. The van der Waals surface area contributed by atoms with Crippen molar-refractivity contribution >= 4 is 11.9 Å². The molecule has 0 aliphatic carbocycles. The number of carbonyl (C=O) groups is 2. The van der Waals surface area contributed by atoms with Crippen LogP contribution < -0.4 is 0 Å². The maximum Gasteiger partial charge on any atom is 0.312 e. The van der Waals surface area contributed by atoms with E-state index in [0.717, 1.165) is 0 Å². The molecule has 0 saturated carbocycles. The van der Waals surface area contributed by atoms with Crippen LogP contribution in [0.3, 0.4) is 0 Å². The van der Waals surface area contributed by atoms with Crippen molar-refractivity contribution in [2.75, 3.05) is 13.5 Å². The van der Waals surface area contributed by atoms with E-state index in [0.29, 0.717) is 0 Å². The number of hydrogen-bond acceptors (Lipinski definition) is 5. The van der Waals surface area contributed by atoms with Gasteiger partial charge in [-0.3, -0.25) is 9.59 Å². The van der Waals surface area contributed by atoms with Gasteiger partial charge in [0.05, 0.1) is 10.8 Å². The lowest BCUT2D eigenvalue weighted by Gasteiger charge is -2.28. The molecule has 0 radical (unpaired) electrons. The number of carbonyl (C=O) groups excluding carboxylic acids is 2. The molecule has 0 N–H and O–H groups in total. The first kappa shape index (κ1) is 18.9. The second-order valence-corrected chi connectivity index (χ2v) is 7.30. The van der Waals surface area contributed by atoms with Gasteiger partial charge in [-0.15, -0.1) is 0 Å². The quantitative estimate of drug-likeness (QED) is 0.575. The molecule has 5 nitrogen and oxygen atoms in total. The second-order valence-electron chi connectivity index (χ2n) is 7.30. The predicted octanol–water partition coefficient (Wildman–Crippen LogP) is 2.79. The molecule has 20 heavy (non-hydrogen) atoms. The fraction of sp³-hybridized carbons (Fsp3) is 0.867. The van der Waals surface area contributed by atoms with E-state index >= 15 is 0 Å². The van der Waals surface area contributed by atoms with Gasteiger partial charge in [0.2, 0.25) is 0 Å². The van der Waals surface area contributed by atoms with Crippen LogP contribution in [0.2, 0.25) is 0 Å². The Bertz CT molecular complexity index is 307. The lowest BCUT2D eigenvalue weighted by molar-refractivity contribution is -0.169. The summed E-state index contributed by atoms with van der Waals surface area (Å²) < 4.78 is 10.5. The molecule has 0 heterocycles. The van der Waals surface area contributed by atoms with E-state index in [1.165, 1.54) is 0 Å². The monoisotopic (exact) mass is 287 g/mol. The third-order valence-electron chi connectivity index (χ3n) is 2.68. The lowest BCUT2D eigenvalue weighted by Crippen LogP contribution is -2.39. The normalized spacial score (nSPS) is 12.7. The molecule has 0 unspecified atom stereocenters. The number of esters is 2. The summed E-state index contributed by atoms with van der Waals surface area (Å²) in [5.41, 5.74) is -1.07. The Morgan fingerprint density at radius 3 is 1.35 bits per heavy atom. The van der Waals surface area contributed by atoms with Crippen molar-refractivity contribution in [1.82, 2.24) is 4.90 Å². The maximum atomic E-state index is 11.7. The zero-order valence-corrected chi connectivity index (χ0v) is 14.1. The van der Waals surface area contributed by atoms with Crippen LogP contribution in [0.25, 0.3) is 0 Å². The van der Waals surface area contributed by atoms with Crippen LogP contribution in [0.5, 0.6) is 0 Å². The molecule has 0 bridgehead atoms. The minimum atomic E-state index is -0.537. The number of nitrogens with zero attached hydrogens (tertiary/aromatic N) is 1. The topological polar surface area (TPSA) is 55.8 Å². The highest BCUT2D eigenvalue weighted by atomic mass is 16.6. The Kier molecular flexibility index (Phi) is 6.68. The van der Waals surface area contributed by atoms with Crippen molar-refractivity contribution in [2.24, 2.45) is 10.8 Å². The lowest BCUT2D eigenvalue weighted by atomic mass is 9.97. The van der Waals surface area contributed by atoms with Gasteiger partial charge in [0, 0.05) is 6.04 Å². The Hall–Kier alpha value is -1.10. The van der Waals surface area contributed by atoms with Gasteiger partial charge in [-0.2, -0.15) is 0 Å². The van der Waals surface area contributed by atoms with E-state index in [4.69, 9.17) is 9.47 Å². The second kappa shape index (κ2) is 7.07. The Balaban J connectivity index is 4.40. The molecule has 0 saturated heterocycles.